The molecule has 0 aromatic carbocycles. The first-order valence-electron chi connectivity index (χ1n) is 10.6. The quantitative estimate of drug-likeness (QED) is 0.406. The standard InChI is InChI=1S/C21H38P2/c1-20(2)15-16-7-3-11-18(12-4-8-16)22-21(20)17-9-5-13-19(23-21)14-6-10-17/h16-19,22-23H,3-15H2,1-2H3. The highest BCUT2D eigenvalue weighted by molar-refractivity contribution is 7.60. The van der Waals surface area contributed by atoms with Crippen LogP contribution in [0.15, 0.2) is 0 Å². The topological polar surface area (TPSA) is 0 Å². The third-order valence-electron chi connectivity index (χ3n) is 7.88. The molecule has 5 aliphatic rings. The lowest BCUT2D eigenvalue weighted by Crippen LogP contribution is -2.44. The average molecular weight is 352 g/mol. The predicted octanol–water partition coefficient (Wildman–Crippen LogP) is 7.16. The van der Waals surface area contributed by atoms with Crippen LogP contribution in [0.2, 0.25) is 0 Å². The van der Waals surface area contributed by atoms with Gasteiger partial charge in [-0.3, -0.25) is 0 Å². The molecular formula is C21H38P2. The summed E-state index contributed by atoms with van der Waals surface area (Å²) in [7, 11) is 2.61. The Morgan fingerprint density at radius 3 is 1.65 bits per heavy atom. The van der Waals surface area contributed by atoms with Crippen LogP contribution in [-0.2, 0) is 0 Å². The van der Waals surface area contributed by atoms with Crippen molar-refractivity contribution in [3.8, 4) is 0 Å². The molecule has 0 nitrogen and oxygen atoms in total. The van der Waals surface area contributed by atoms with Gasteiger partial charge < -0.3 is 0 Å². The third kappa shape index (κ3) is 3.31. The fraction of sp³-hybridized carbons (Fsp3) is 1.00. The summed E-state index contributed by atoms with van der Waals surface area (Å²) in [6, 6.07) is 0. The molecule has 0 aromatic heterocycles. The molecule has 4 heterocycles. The number of fused-ring (bicyclic) bond motifs is 6. The fourth-order valence-corrected chi connectivity index (χ4v) is 13.1. The molecule has 2 heteroatoms. The SMILES string of the molecule is CC1(C)CC2CCCC(CCC2)PC12PC1CCCC2CCC1. The van der Waals surface area contributed by atoms with E-state index in [1.54, 1.807) is 83.5 Å². The van der Waals surface area contributed by atoms with Gasteiger partial charge >= 0.3 is 0 Å². The van der Waals surface area contributed by atoms with Crippen LogP contribution in [0.5, 0.6) is 0 Å². The first kappa shape index (κ1) is 17.3. The van der Waals surface area contributed by atoms with Gasteiger partial charge in [0.15, 0.2) is 0 Å². The molecule has 1 spiro atoms. The molecule has 23 heavy (non-hydrogen) atoms. The molecule has 0 aromatic rings. The third-order valence-corrected chi connectivity index (χ3v) is 13.8. The molecule has 0 N–H and O–H groups in total. The van der Waals surface area contributed by atoms with E-state index in [1.807, 2.05) is 0 Å². The van der Waals surface area contributed by atoms with E-state index in [-0.39, 0.29) is 0 Å². The van der Waals surface area contributed by atoms with E-state index in [1.165, 1.54) is 17.2 Å². The Morgan fingerprint density at radius 1 is 0.652 bits per heavy atom. The van der Waals surface area contributed by atoms with Crippen molar-refractivity contribution in [1.82, 2.24) is 0 Å². The maximum absolute atomic E-state index is 2.73. The Balaban J connectivity index is 1.75. The molecule has 5 rings (SSSR count). The lowest BCUT2D eigenvalue weighted by molar-refractivity contribution is 0.173. The van der Waals surface area contributed by atoms with Crippen LogP contribution >= 0.6 is 17.2 Å². The van der Waals surface area contributed by atoms with E-state index in [9.17, 15) is 0 Å². The highest BCUT2D eigenvalue weighted by Gasteiger charge is 2.54. The Morgan fingerprint density at radius 2 is 1.13 bits per heavy atom. The molecule has 4 bridgehead atoms. The summed E-state index contributed by atoms with van der Waals surface area (Å²) in [4.78, 5) is 0.752. The van der Waals surface area contributed by atoms with Gasteiger partial charge in [-0.1, -0.05) is 52.4 Å². The van der Waals surface area contributed by atoms with Crippen molar-refractivity contribution in [2.75, 3.05) is 0 Å². The highest BCUT2D eigenvalue weighted by atomic mass is 31.1. The second-order valence-corrected chi connectivity index (χ2v) is 14.2. The summed E-state index contributed by atoms with van der Waals surface area (Å²) in [5.41, 5.74) is 2.81. The summed E-state index contributed by atoms with van der Waals surface area (Å²) in [5, 5.41) is 0. The molecule has 1 aliphatic carbocycles. The molecule has 0 radical (unpaired) electrons. The van der Waals surface area contributed by atoms with Crippen LogP contribution in [0, 0.1) is 17.3 Å². The van der Waals surface area contributed by atoms with Crippen LogP contribution in [0.1, 0.15) is 97.3 Å². The summed E-state index contributed by atoms with van der Waals surface area (Å²) in [6.45, 7) is 5.46. The van der Waals surface area contributed by atoms with Gasteiger partial charge in [0.05, 0.1) is 0 Å². The zero-order valence-corrected chi connectivity index (χ0v) is 17.5. The highest BCUT2D eigenvalue weighted by Crippen LogP contribution is 2.71. The Labute approximate surface area is 148 Å². The Kier molecular flexibility index (Phi) is 5.17. The van der Waals surface area contributed by atoms with E-state index in [4.69, 9.17) is 0 Å². The normalized spacial score (nSPS) is 49.3. The van der Waals surface area contributed by atoms with Crippen LogP contribution < -0.4 is 0 Å². The number of hydrogen-bond donors (Lipinski definition) is 0. The average Bonchev–Trinajstić information content (AvgIpc) is 2.68. The van der Waals surface area contributed by atoms with Gasteiger partial charge in [0.25, 0.3) is 0 Å². The largest absolute Gasteiger partial charge is 0.107 e. The van der Waals surface area contributed by atoms with Gasteiger partial charge in [0.2, 0.25) is 0 Å². The van der Waals surface area contributed by atoms with E-state index in [0.717, 1.165) is 28.1 Å². The molecule has 132 valence electrons. The molecule has 4 aliphatic heterocycles. The Hall–Kier alpha value is 0.860. The van der Waals surface area contributed by atoms with Crippen molar-refractivity contribution in [2.45, 2.75) is 114 Å². The minimum Gasteiger partial charge on any atom is -0.107 e. The van der Waals surface area contributed by atoms with Crippen LogP contribution in [0.4, 0.5) is 0 Å². The fourth-order valence-electron chi connectivity index (χ4n) is 6.78. The maximum Gasteiger partial charge on any atom is 0.0133 e. The minimum atomic E-state index is 0.610. The molecule has 0 amide bonds. The van der Waals surface area contributed by atoms with Crippen molar-refractivity contribution in [3.63, 3.8) is 0 Å². The van der Waals surface area contributed by atoms with Gasteiger partial charge in [-0.25, -0.2) is 0 Å². The minimum absolute atomic E-state index is 0.610. The molecule has 4 saturated heterocycles. The second-order valence-electron chi connectivity index (χ2n) is 9.87. The van der Waals surface area contributed by atoms with Crippen molar-refractivity contribution >= 4 is 17.2 Å². The summed E-state index contributed by atoms with van der Waals surface area (Å²) in [5.74, 6) is 2.14. The monoisotopic (exact) mass is 352 g/mol. The molecular weight excluding hydrogens is 314 g/mol. The Bertz CT molecular complexity index is 398. The first-order valence-corrected chi connectivity index (χ1v) is 12.8. The van der Waals surface area contributed by atoms with Crippen molar-refractivity contribution in [1.29, 1.82) is 0 Å². The van der Waals surface area contributed by atoms with Crippen molar-refractivity contribution < 1.29 is 0 Å². The first-order chi connectivity index (χ1) is 11.1. The number of rotatable bonds is 0. The predicted molar refractivity (Wildman–Crippen MR) is 108 cm³/mol. The molecule has 3 atom stereocenters. The van der Waals surface area contributed by atoms with Gasteiger partial charge in [0.1, 0.15) is 0 Å². The van der Waals surface area contributed by atoms with E-state index in [0.29, 0.717) is 5.41 Å². The van der Waals surface area contributed by atoms with Gasteiger partial charge in [-0.15, -0.1) is 17.2 Å². The smallest absolute Gasteiger partial charge is 0.0133 e. The zero-order chi connectivity index (χ0) is 15.9. The summed E-state index contributed by atoms with van der Waals surface area (Å²) >= 11 is 0. The van der Waals surface area contributed by atoms with Crippen molar-refractivity contribution in [2.24, 2.45) is 17.3 Å². The molecule has 3 unspecified atom stereocenters. The van der Waals surface area contributed by atoms with E-state index >= 15 is 0 Å². The van der Waals surface area contributed by atoms with E-state index < -0.39 is 0 Å². The zero-order valence-electron chi connectivity index (χ0n) is 15.5. The van der Waals surface area contributed by atoms with Gasteiger partial charge in [-0.2, -0.15) is 0 Å². The van der Waals surface area contributed by atoms with Gasteiger partial charge in [-0.05, 0) is 73.5 Å². The maximum atomic E-state index is 2.73. The van der Waals surface area contributed by atoms with E-state index in [2.05, 4.69) is 13.8 Å². The van der Waals surface area contributed by atoms with Gasteiger partial charge in [0, 0.05) is 4.90 Å². The molecule has 1 saturated carbocycles. The van der Waals surface area contributed by atoms with Crippen LogP contribution in [0.3, 0.4) is 0 Å². The summed E-state index contributed by atoms with van der Waals surface area (Å²) < 4.78 is 0. The lowest BCUT2D eigenvalue weighted by Gasteiger charge is -2.53. The second kappa shape index (κ2) is 6.88. The van der Waals surface area contributed by atoms with Crippen molar-refractivity contribution in [3.05, 3.63) is 0 Å². The van der Waals surface area contributed by atoms with Crippen LogP contribution in [0.25, 0.3) is 0 Å². The molecule has 5 fully saturated rings. The summed E-state index contributed by atoms with van der Waals surface area (Å²) in [6.07, 6.45) is 20.3. The number of hydrogen-bond acceptors (Lipinski definition) is 0. The van der Waals surface area contributed by atoms with Crippen LogP contribution in [-0.4, -0.2) is 16.2 Å². The lowest BCUT2D eigenvalue weighted by atomic mass is 9.70.